The van der Waals surface area contributed by atoms with E-state index >= 15 is 0 Å². The summed E-state index contributed by atoms with van der Waals surface area (Å²) in [5, 5.41) is 7.63. The highest BCUT2D eigenvalue weighted by Gasteiger charge is 2.17. The van der Waals surface area contributed by atoms with Crippen molar-refractivity contribution in [2.24, 2.45) is 7.05 Å². The molecule has 0 bridgehead atoms. The number of rotatable bonds is 5. The second-order valence-corrected chi connectivity index (χ2v) is 4.87. The van der Waals surface area contributed by atoms with Gasteiger partial charge in [0, 0.05) is 13.5 Å². The van der Waals surface area contributed by atoms with Crippen molar-refractivity contribution in [2.75, 3.05) is 19.7 Å². The topological polar surface area (TPSA) is 56.2 Å². The number of nitrogens with one attached hydrogen (secondary N) is 1. The van der Waals surface area contributed by atoms with Crippen LogP contribution in [-0.4, -0.2) is 41.4 Å². The van der Waals surface area contributed by atoms with E-state index in [9.17, 15) is 4.79 Å². The highest BCUT2D eigenvalue weighted by atomic mass is 35.5. The number of piperidine rings is 1. The number of carbonyl (C=O) groups excluding carboxylic acids is 1. The number of aryl methyl sites for hydroxylation is 1. The first-order valence-corrected chi connectivity index (χ1v) is 6.59. The van der Waals surface area contributed by atoms with Gasteiger partial charge in [0.15, 0.2) is 5.78 Å². The van der Waals surface area contributed by atoms with Gasteiger partial charge in [0.05, 0.1) is 23.9 Å². The fraction of sp³-hybridized carbons (Fsp3) is 0.667. The van der Waals surface area contributed by atoms with Gasteiger partial charge in [-0.2, -0.15) is 5.10 Å². The van der Waals surface area contributed by atoms with Gasteiger partial charge in [-0.25, -0.2) is 0 Å². The van der Waals surface area contributed by atoms with E-state index in [0.717, 1.165) is 25.9 Å². The molecule has 1 aromatic heterocycles. The molecule has 1 N–H and O–H groups in total. The van der Waals surface area contributed by atoms with Gasteiger partial charge in [-0.05, 0) is 25.9 Å². The summed E-state index contributed by atoms with van der Waals surface area (Å²) in [6, 6.07) is 0. The monoisotopic (exact) mass is 271 g/mol. The summed E-state index contributed by atoms with van der Waals surface area (Å²) in [4.78, 5) is 12.0. The lowest BCUT2D eigenvalue weighted by Crippen LogP contribution is -2.32. The van der Waals surface area contributed by atoms with Crippen LogP contribution in [0.4, 0.5) is 0 Å². The molecule has 18 heavy (non-hydrogen) atoms. The summed E-state index contributed by atoms with van der Waals surface area (Å²) in [6.07, 6.45) is 4.15. The Kier molecular flexibility index (Phi) is 4.74. The predicted octanol–water partition coefficient (Wildman–Crippen LogP) is 1.41. The zero-order valence-electron chi connectivity index (χ0n) is 10.5. The molecule has 0 amide bonds. The maximum Gasteiger partial charge on any atom is 0.184 e. The molecule has 0 spiro atoms. The number of hydrogen-bond acceptors (Lipinski definition) is 4. The molecular formula is C12H18ClN3O2. The van der Waals surface area contributed by atoms with Crippen molar-refractivity contribution in [3.63, 3.8) is 0 Å². The Morgan fingerprint density at radius 2 is 2.33 bits per heavy atom. The van der Waals surface area contributed by atoms with E-state index in [1.54, 1.807) is 7.05 Å². The molecule has 0 unspecified atom stereocenters. The maximum atomic E-state index is 12.0. The van der Waals surface area contributed by atoms with Crippen molar-refractivity contribution < 1.29 is 9.53 Å². The van der Waals surface area contributed by atoms with Crippen molar-refractivity contribution in [2.45, 2.75) is 25.4 Å². The summed E-state index contributed by atoms with van der Waals surface area (Å²) in [5.41, 5.74) is 0.463. The van der Waals surface area contributed by atoms with E-state index in [1.807, 2.05) is 0 Å². The molecule has 1 aliphatic heterocycles. The lowest BCUT2D eigenvalue weighted by Gasteiger charge is -2.22. The quantitative estimate of drug-likeness (QED) is 0.823. The molecule has 0 saturated carbocycles. The SMILES string of the molecule is Cn1ncc(Cl)c1C(=O)CCOC1CCNCC1. The van der Waals surface area contributed by atoms with Crippen molar-refractivity contribution in [3.8, 4) is 0 Å². The number of carbonyl (C=O) groups is 1. The zero-order chi connectivity index (χ0) is 13.0. The number of nitrogens with zero attached hydrogens (tertiary/aromatic N) is 2. The Hall–Kier alpha value is -0.910. The molecule has 100 valence electrons. The molecule has 1 saturated heterocycles. The van der Waals surface area contributed by atoms with Crippen LogP contribution in [0.1, 0.15) is 29.8 Å². The number of ketones is 1. The summed E-state index contributed by atoms with van der Waals surface area (Å²) >= 11 is 5.91. The van der Waals surface area contributed by atoms with Gasteiger partial charge >= 0.3 is 0 Å². The third-order valence-electron chi connectivity index (χ3n) is 3.13. The van der Waals surface area contributed by atoms with Gasteiger partial charge < -0.3 is 10.1 Å². The number of ether oxygens (including phenoxy) is 1. The average molecular weight is 272 g/mol. The third kappa shape index (κ3) is 3.31. The summed E-state index contributed by atoms with van der Waals surface area (Å²) in [7, 11) is 1.72. The van der Waals surface area contributed by atoms with Crippen LogP contribution in [0.15, 0.2) is 6.20 Å². The minimum atomic E-state index is -0.0195. The Morgan fingerprint density at radius 3 is 2.94 bits per heavy atom. The highest BCUT2D eigenvalue weighted by Crippen LogP contribution is 2.16. The van der Waals surface area contributed by atoms with Crippen LogP contribution >= 0.6 is 11.6 Å². The first-order valence-electron chi connectivity index (χ1n) is 6.21. The number of halogens is 1. The second-order valence-electron chi connectivity index (χ2n) is 4.46. The summed E-state index contributed by atoms with van der Waals surface area (Å²) in [5.74, 6) is -0.0195. The van der Waals surface area contributed by atoms with Gasteiger partial charge in [-0.1, -0.05) is 11.6 Å². The Bertz CT molecular complexity index is 394. The van der Waals surface area contributed by atoms with Crippen LogP contribution < -0.4 is 5.32 Å². The van der Waals surface area contributed by atoms with E-state index in [4.69, 9.17) is 16.3 Å². The lowest BCUT2D eigenvalue weighted by atomic mass is 10.1. The van der Waals surface area contributed by atoms with Gasteiger partial charge in [-0.3, -0.25) is 9.48 Å². The van der Waals surface area contributed by atoms with Crippen LogP contribution in [0, 0.1) is 0 Å². The van der Waals surface area contributed by atoms with E-state index in [-0.39, 0.29) is 11.9 Å². The molecule has 1 fully saturated rings. The van der Waals surface area contributed by atoms with Gasteiger partial charge in [0.1, 0.15) is 5.69 Å². The first-order chi connectivity index (χ1) is 8.68. The minimum absolute atomic E-state index is 0.0195. The molecule has 0 aromatic carbocycles. The molecule has 1 aromatic rings. The summed E-state index contributed by atoms with van der Waals surface area (Å²) < 4.78 is 7.21. The van der Waals surface area contributed by atoms with Gasteiger partial charge in [0.2, 0.25) is 0 Å². The van der Waals surface area contributed by atoms with Crippen LogP contribution in [0.25, 0.3) is 0 Å². The fourth-order valence-corrected chi connectivity index (χ4v) is 2.39. The van der Waals surface area contributed by atoms with Crippen LogP contribution in [0.3, 0.4) is 0 Å². The zero-order valence-corrected chi connectivity index (χ0v) is 11.2. The standard InChI is InChI=1S/C12H18ClN3O2/c1-16-12(10(13)8-15-16)11(17)4-7-18-9-2-5-14-6-3-9/h8-9,14H,2-7H2,1H3. The van der Waals surface area contributed by atoms with Crippen molar-refractivity contribution in [1.29, 1.82) is 0 Å². The normalized spacial score (nSPS) is 17.0. The predicted molar refractivity (Wildman–Crippen MR) is 69.0 cm³/mol. The Balaban J connectivity index is 1.78. The van der Waals surface area contributed by atoms with E-state index in [0.29, 0.717) is 23.7 Å². The molecule has 0 atom stereocenters. The highest BCUT2D eigenvalue weighted by molar-refractivity contribution is 6.33. The molecular weight excluding hydrogens is 254 g/mol. The number of aromatic nitrogens is 2. The first kappa shape index (κ1) is 13.5. The second kappa shape index (κ2) is 6.31. The molecule has 0 radical (unpaired) electrons. The number of hydrogen-bond donors (Lipinski definition) is 1. The van der Waals surface area contributed by atoms with Crippen molar-refractivity contribution in [1.82, 2.24) is 15.1 Å². The Morgan fingerprint density at radius 1 is 1.61 bits per heavy atom. The largest absolute Gasteiger partial charge is 0.378 e. The molecule has 0 aliphatic carbocycles. The van der Waals surface area contributed by atoms with E-state index in [1.165, 1.54) is 10.9 Å². The van der Waals surface area contributed by atoms with Crippen molar-refractivity contribution >= 4 is 17.4 Å². The molecule has 2 rings (SSSR count). The maximum absolute atomic E-state index is 12.0. The van der Waals surface area contributed by atoms with Gasteiger partial charge in [0.25, 0.3) is 0 Å². The average Bonchev–Trinajstić information content (AvgIpc) is 2.70. The Labute approximate surface area is 111 Å². The van der Waals surface area contributed by atoms with Crippen LogP contribution in [-0.2, 0) is 11.8 Å². The molecule has 2 heterocycles. The number of Topliss-reactive ketones (excluding diaryl/α,β-unsaturated/α-hetero) is 1. The van der Waals surface area contributed by atoms with E-state index in [2.05, 4.69) is 10.4 Å². The smallest absolute Gasteiger partial charge is 0.184 e. The fourth-order valence-electron chi connectivity index (χ4n) is 2.12. The van der Waals surface area contributed by atoms with Crippen LogP contribution in [0.5, 0.6) is 0 Å². The minimum Gasteiger partial charge on any atom is -0.378 e. The van der Waals surface area contributed by atoms with Gasteiger partial charge in [-0.15, -0.1) is 0 Å². The summed E-state index contributed by atoms with van der Waals surface area (Å²) in [6.45, 7) is 2.43. The van der Waals surface area contributed by atoms with Crippen molar-refractivity contribution in [3.05, 3.63) is 16.9 Å². The lowest BCUT2D eigenvalue weighted by molar-refractivity contribution is 0.0312. The molecule has 5 nitrogen and oxygen atoms in total. The van der Waals surface area contributed by atoms with E-state index < -0.39 is 0 Å². The van der Waals surface area contributed by atoms with Crippen LogP contribution in [0.2, 0.25) is 5.02 Å². The molecule has 6 heteroatoms. The molecule has 1 aliphatic rings. The third-order valence-corrected chi connectivity index (χ3v) is 3.40.